The van der Waals surface area contributed by atoms with E-state index >= 15 is 0 Å². The van der Waals surface area contributed by atoms with Gasteiger partial charge in [0, 0.05) is 36.1 Å². The van der Waals surface area contributed by atoms with Gasteiger partial charge in [-0.05, 0) is 42.8 Å². The first kappa shape index (κ1) is 19.5. The Kier molecular flexibility index (Phi) is 5.65. The third-order valence-electron chi connectivity index (χ3n) is 4.57. The van der Waals surface area contributed by atoms with E-state index in [1.807, 2.05) is 25.1 Å². The fourth-order valence-electron chi connectivity index (χ4n) is 3.09. The number of aryl methyl sites for hydroxylation is 1. The Balaban J connectivity index is 1.53. The molecular weight excluding hydrogens is 385 g/mol. The zero-order chi connectivity index (χ0) is 20.9. The van der Waals surface area contributed by atoms with E-state index < -0.39 is 0 Å². The Labute approximate surface area is 172 Å². The maximum Gasteiger partial charge on any atom is 0.242 e. The molecule has 0 atom stereocenters. The summed E-state index contributed by atoms with van der Waals surface area (Å²) >= 11 is 0. The first-order valence-corrected chi connectivity index (χ1v) is 9.47. The van der Waals surface area contributed by atoms with Crippen LogP contribution in [0.2, 0.25) is 0 Å². The van der Waals surface area contributed by atoms with E-state index in [-0.39, 0.29) is 24.8 Å². The first-order valence-electron chi connectivity index (χ1n) is 9.47. The number of aromatic nitrogens is 4. The molecule has 0 radical (unpaired) electrons. The van der Waals surface area contributed by atoms with Crippen molar-refractivity contribution in [2.24, 2.45) is 0 Å². The zero-order valence-electron chi connectivity index (χ0n) is 16.4. The summed E-state index contributed by atoms with van der Waals surface area (Å²) in [6, 6.07) is 13.7. The lowest BCUT2D eigenvalue weighted by molar-refractivity contribution is -0.122. The Morgan fingerprint density at radius 3 is 2.60 bits per heavy atom. The highest BCUT2D eigenvalue weighted by molar-refractivity contribution is 5.75. The molecule has 0 saturated heterocycles. The molecule has 0 spiro atoms. The summed E-state index contributed by atoms with van der Waals surface area (Å²) in [6.45, 7) is 2.13. The van der Waals surface area contributed by atoms with E-state index in [1.54, 1.807) is 35.3 Å². The highest BCUT2D eigenvalue weighted by Gasteiger charge is 2.14. The lowest BCUT2D eigenvalue weighted by atomic mass is 10.1. The largest absolute Gasteiger partial charge is 0.359 e. The average Bonchev–Trinajstić information content (AvgIpc) is 3.35. The van der Waals surface area contributed by atoms with Gasteiger partial charge in [0.15, 0.2) is 5.76 Å². The number of nitrogens with zero attached hydrogens (tertiary/aromatic N) is 4. The number of nitrogens with one attached hydrogen (secondary N) is 1. The van der Waals surface area contributed by atoms with Gasteiger partial charge in [0.1, 0.15) is 12.4 Å². The summed E-state index contributed by atoms with van der Waals surface area (Å²) in [5.41, 5.74) is 4.18. The number of benzene rings is 1. The third-order valence-corrected chi connectivity index (χ3v) is 4.57. The highest BCUT2D eigenvalue weighted by atomic mass is 19.1. The van der Waals surface area contributed by atoms with E-state index in [0.717, 1.165) is 28.2 Å². The van der Waals surface area contributed by atoms with Crippen molar-refractivity contribution in [3.05, 3.63) is 89.5 Å². The van der Waals surface area contributed by atoms with Crippen molar-refractivity contribution in [2.45, 2.75) is 26.4 Å². The van der Waals surface area contributed by atoms with Gasteiger partial charge in [-0.3, -0.25) is 14.5 Å². The minimum absolute atomic E-state index is 0.0503. The molecule has 1 amide bonds. The summed E-state index contributed by atoms with van der Waals surface area (Å²) in [7, 11) is 0. The van der Waals surface area contributed by atoms with Crippen molar-refractivity contribution in [1.29, 1.82) is 0 Å². The van der Waals surface area contributed by atoms with E-state index in [4.69, 9.17) is 4.52 Å². The van der Waals surface area contributed by atoms with Crippen molar-refractivity contribution in [2.75, 3.05) is 0 Å². The van der Waals surface area contributed by atoms with Crippen LogP contribution in [0.3, 0.4) is 0 Å². The van der Waals surface area contributed by atoms with Crippen molar-refractivity contribution in [3.8, 4) is 11.3 Å². The molecular formula is C22H20FN5O2. The monoisotopic (exact) mass is 405 g/mol. The van der Waals surface area contributed by atoms with E-state index in [0.29, 0.717) is 12.2 Å². The van der Waals surface area contributed by atoms with E-state index in [1.165, 1.54) is 12.1 Å². The molecule has 1 N–H and O–H groups in total. The van der Waals surface area contributed by atoms with Crippen molar-refractivity contribution in [1.82, 2.24) is 25.2 Å². The van der Waals surface area contributed by atoms with Crippen LogP contribution in [0.25, 0.3) is 11.3 Å². The van der Waals surface area contributed by atoms with Crippen LogP contribution in [-0.2, 0) is 24.3 Å². The maximum absolute atomic E-state index is 13.2. The molecule has 0 saturated carbocycles. The molecule has 4 rings (SSSR count). The molecule has 0 aliphatic heterocycles. The highest BCUT2D eigenvalue weighted by Crippen LogP contribution is 2.20. The number of carbonyl (C=O) groups is 1. The van der Waals surface area contributed by atoms with Crippen LogP contribution in [-0.4, -0.2) is 25.8 Å². The second-order valence-corrected chi connectivity index (χ2v) is 6.93. The Bertz CT molecular complexity index is 1140. The minimum Gasteiger partial charge on any atom is -0.359 e. The Morgan fingerprint density at radius 2 is 1.90 bits per heavy atom. The van der Waals surface area contributed by atoms with Crippen LogP contribution in [0, 0.1) is 12.7 Å². The molecule has 0 bridgehead atoms. The van der Waals surface area contributed by atoms with Gasteiger partial charge in [-0.1, -0.05) is 17.3 Å². The van der Waals surface area contributed by atoms with Gasteiger partial charge in [0.25, 0.3) is 0 Å². The zero-order valence-corrected chi connectivity index (χ0v) is 16.4. The number of hydrogen-bond donors (Lipinski definition) is 1. The van der Waals surface area contributed by atoms with Crippen molar-refractivity contribution >= 4 is 5.91 Å². The predicted molar refractivity (Wildman–Crippen MR) is 108 cm³/mol. The summed E-state index contributed by atoms with van der Waals surface area (Å²) in [4.78, 5) is 16.5. The second-order valence-electron chi connectivity index (χ2n) is 6.93. The topological polar surface area (TPSA) is 85.8 Å². The van der Waals surface area contributed by atoms with Gasteiger partial charge in [-0.25, -0.2) is 4.39 Å². The number of amides is 1. The van der Waals surface area contributed by atoms with Crippen LogP contribution < -0.4 is 5.32 Å². The van der Waals surface area contributed by atoms with Crippen LogP contribution in [0.15, 0.2) is 65.4 Å². The molecule has 3 heterocycles. The number of carbonyl (C=O) groups excluding carboxylic acids is 1. The summed E-state index contributed by atoms with van der Waals surface area (Å²) in [5, 5.41) is 11.2. The van der Waals surface area contributed by atoms with E-state index in [9.17, 15) is 9.18 Å². The Morgan fingerprint density at radius 1 is 1.13 bits per heavy atom. The number of rotatable bonds is 7. The van der Waals surface area contributed by atoms with Crippen molar-refractivity contribution in [3.63, 3.8) is 0 Å². The van der Waals surface area contributed by atoms with Crippen LogP contribution in [0.4, 0.5) is 4.39 Å². The summed E-state index contributed by atoms with van der Waals surface area (Å²) in [5.74, 6) is 0.103. The van der Waals surface area contributed by atoms with Gasteiger partial charge in [0.2, 0.25) is 5.91 Å². The molecule has 0 aliphatic carbocycles. The first-order chi connectivity index (χ1) is 14.6. The summed E-state index contributed by atoms with van der Waals surface area (Å²) in [6.07, 6.45) is 3.91. The lowest BCUT2D eigenvalue weighted by Crippen LogP contribution is -2.28. The lowest BCUT2D eigenvalue weighted by Gasteiger charge is -2.08. The van der Waals surface area contributed by atoms with Gasteiger partial charge in [-0.2, -0.15) is 5.10 Å². The normalized spacial score (nSPS) is 10.9. The van der Waals surface area contributed by atoms with E-state index in [2.05, 4.69) is 20.6 Å². The molecule has 3 aromatic heterocycles. The molecule has 1 aromatic carbocycles. The second kappa shape index (κ2) is 8.69. The van der Waals surface area contributed by atoms with Crippen molar-refractivity contribution < 1.29 is 13.7 Å². The molecule has 0 aliphatic rings. The van der Waals surface area contributed by atoms with Crippen LogP contribution in [0.5, 0.6) is 0 Å². The smallest absolute Gasteiger partial charge is 0.242 e. The SMILES string of the molecule is Cc1cc(CNC(=O)Cn2nc(-c3ccncc3)cc2Cc2ccc(F)cc2)on1. The van der Waals surface area contributed by atoms with Gasteiger partial charge in [-0.15, -0.1) is 0 Å². The number of halogens is 1. The Hall–Kier alpha value is -3.81. The molecule has 8 heteroatoms. The molecule has 7 nitrogen and oxygen atoms in total. The molecule has 0 fully saturated rings. The fraction of sp³-hybridized carbons (Fsp3) is 0.182. The summed E-state index contributed by atoms with van der Waals surface area (Å²) < 4.78 is 20.0. The maximum atomic E-state index is 13.2. The standard InChI is InChI=1S/C22H20FN5O2/c1-15-10-20(30-27-15)13-25-22(29)14-28-19(11-16-2-4-18(23)5-3-16)12-21(26-28)17-6-8-24-9-7-17/h2-10,12H,11,13-14H2,1H3,(H,25,29). The van der Waals surface area contributed by atoms with Gasteiger partial charge >= 0.3 is 0 Å². The minimum atomic E-state index is -0.285. The number of pyridine rings is 1. The fourth-order valence-corrected chi connectivity index (χ4v) is 3.09. The molecule has 4 aromatic rings. The molecule has 30 heavy (non-hydrogen) atoms. The van der Waals surface area contributed by atoms with Gasteiger partial charge < -0.3 is 9.84 Å². The number of hydrogen-bond acceptors (Lipinski definition) is 5. The average molecular weight is 405 g/mol. The molecule has 0 unspecified atom stereocenters. The third kappa shape index (κ3) is 4.78. The molecule has 152 valence electrons. The van der Waals surface area contributed by atoms with Crippen LogP contribution in [0.1, 0.15) is 22.7 Å². The van der Waals surface area contributed by atoms with Gasteiger partial charge in [0.05, 0.1) is 17.9 Å². The van der Waals surface area contributed by atoms with Crippen LogP contribution >= 0.6 is 0 Å². The quantitative estimate of drug-likeness (QED) is 0.510. The predicted octanol–water partition coefficient (Wildman–Crippen LogP) is 3.29.